The number of ether oxygens (including phenoxy) is 2. The summed E-state index contributed by atoms with van der Waals surface area (Å²) in [6.07, 6.45) is 0.722. The van der Waals surface area contributed by atoms with E-state index in [1.165, 1.54) is 23.9 Å². The van der Waals surface area contributed by atoms with Crippen LogP contribution in [0.4, 0.5) is 4.39 Å². The number of hydrogen-bond acceptors (Lipinski definition) is 4. The van der Waals surface area contributed by atoms with Crippen molar-refractivity contribution in [1.82, 2.24) is 15.1 Å². The Kier molecular flexibility index (Phi) is 5.70. The van der Waals surface area contributed by atoms with Gasteiger partial charge in [-0.3, -0.25) is 9.48 Å². The van der Waals surface area contributed by atoms with Gasteiger partial charge in [0.15, 0.2) is 5.69 Å². The summed E-state index contributed by atoms with van der Waals surface area (Å²) in [4.78, 5) is 12.1. The molecule has 0 saturated heterocycles. The van der Waals surface area contributed by atoms with Gasteiger partial charge in [-0.2, -0.15) is 5.10 Å². The maximum atomic E-state index is 13.5. The summed E-state index contributed by atoms with van der Waals surface area (Å²) in [5.41, 5.74) is 1.41. The summed E-state index contributed by atoms with van der Waals surface area (Å²) in [7, 11) is 4.82. The minimum Gasteiger partial charge on any atom is -0.496 e. The van der Waals surface area contributed by atoms with Crippen LogP contribution in [0, 0.1) is 5.82 Å². The molecule has 0 radical (unpaired) electrons. The third-order valence-corrected chi connectivity index (χ3v) is 3.36. The molecule has 0 aliphatic rings. The van der Waals surface area contributed by atoms with Crippen LogP contribution in [-0.2, 0) is 11.8 Å². The lowest BCUT2D eigenvalue weighted by Gasteiger charge is -2.08. The molecule has 0 aliphatic heterocycles. The summed E-state index contributed by atoms with van der Waals surface area (Å²) in [6.45, 7) is 1.08. The Morgan fingerprint density at radius 3 is 2.83 bits per heavy atom. The molecule has 6 nitrogen and oxygen atoms in total. The summed E-state index contributed by atoms with van der Waals surface area (Å²) in [5.74, 6) is -0.146. The number of hydrogen-bond donors (Lipinski definition) is 1. The maximum absolute atomic E-state index is 13.5. The summed E-state index contributed by atoms with van der Waals surface area (Å²) < 4.78 is 25.2. The van der Waals surface area contributed by atoms with E-state index in [4.69, 9.17) is 9.47 Å². The van der Waals surface area contributed by atoms with Crippen molar-refractivity contribution in [1.29, 1.82) is 0 Å². The molecule has 23 heavy (non-hydrogen) atoms. The van der Waals surface area contributed by atoms with Crippen molar-refractivity contribution in [2.24, 2.45) is 7.05 Å². The third kappa shape index (κ3) is 4.07. The van der Waals surface area contributed by atoms with Crippen molar-refractivity contribution in [2.75, 3.05) is 27.4 Å². The van der Waals surface area contributed by atoms with Gasteiger partial charge in [-0.1, -0.05) is 0 Å². The molecular formula is C16H20FN3O3. The van der Waals surface area contributed by atoms with Crippen LogP contribution in [0.5, 0.6) is 5.75 Å². The molecule has 1 amide bonds. The second-order valence-corrected chi connectivity index (χ2v) is 4.99. The van der Waals surface area contributed by atoms with Gasteiger partial charge in [0.2, 0.25) is 0 Å². The third-order valence-electron chi connectivity index (χ3n) is 3.36. The number of nitrogens with one attached hydrogen (secondary N) is 1. The normalized spacial score (nSPS) is 10.6. The van der Waals surface area contributed by atoms with E-state index in [2.05, 4.69) is 10.4 Å². The molecule has 0 atom stereocenters. The van der Waals surface area contributed by atoms with Gasteiger partial charge in [0.05, 0.1) is 12.8 Å². The van der Waals surface area contributed by atoms with Gasteiger partial charge >= 0.3 is 0 Å². The molecule has 2 aromatic rings. The zero-order valence-corrected chi connectivity index (χ0v) is 13.4. The number of carbonyl (C=O) groups is 1. The Balaban J connectivity index is 2.21. The number of amides is 1. The number of carbonyl (C=O) groups excluding carboxylic acids is 1. The van der Waals surface area contributed by atoms with Crippen LogP contribution in [0.2, 0.25) is 0 Å². The number of aryl methyl sites for hydroxylation is 1. The Morgan fingerprint density at radius 2 is 2.13 bits per heavy atom. The second-order valence-electron chi connectivity index (χ2n) is 4.99. The van der Waals surface area contributed by atoms with Crippen molar-refractivity contribution < 1.29 is 18.7 Å². The molecule has 1 aromatic heterocycles. The highest BCUT2D eigenvalue weighted by molar-refractivity contribution is 5.93. The van der Waals surface area contributed by atoms with E-state index in [0.717, 1.165) is 6.42 Å². The Bertz CT molecular complexity index is 685. The molecular weight excluding hydrogens is 301 g/mol. The SMILES string of the molecule is COCCCNC(=O)c1cc(-c2cc(F)ccc2OC)n(C)n1. The zero-order valence-electron chi connectivity index (χ0n) is 13.4. The van der Waals surface area contributed by atoms with E-state index in [0.29, 0.717) is 30.2 Å². The number of benzene rings is 1. The van der Waals surface area contributed by atoms with E-state index in [1.54, 1.807) is 26.3 Å². The molecule has 0 saturated carbocycles. The monoisotopic (exact) mass is 321 g/mol. The molecule has 0 bridgehead atoms. The smallest absolute Gasteiger partial charge is 0.271 e. The van der Waals surface area contributed by atoms with Crippen LogP contribution in [0.3, 0.4) is 0 Å². The van der Waals surface area contributed by atoms with E-state index in [1.807, 2.05) is 0 Å². The standard InChI is InChI=1S/C16H20FN3O3/c1-20-14(12-9-11(17)5-6-15(12)23-3)10-13(19-20)16(21)18-7-4-8-22-2/h5-6,9-10H,4,7-8H2,1-3H3,(H,18,21). The molecule has 2 rings (SSSR count). The second kappa shape index (κ2) is 7.73. The first-order chi connectivity index (χ1) is 11.1. The van der Waals surface area contributed by atoms with Crippen molar-refractivity contribution in [3.05, 3.63) is 35.8 Å². The van der Waals surface area contributed by atoms with Gasteiger partial charge in [0.25, 0.3) is 5.91 Å². The Hall–Kier alpha value is -2.41. The average molecular weight is 321 g/mol. The van der Waals surface area contributed by atoms with E-state index < -0.39 is 0 Å². The topological polar surface area (TPSA) is 65.4 Å². The largest absolute Gasteiger partial charge is 0.496 e. The zero-order chi connectivity index (χ0) is 16.8. The summed E-state index contributed by atoms with van der Waals surface area (Å²) in [6, 6.07) is 5.84. The van der Waals surface area contributed by atoms with E-state index >= 15 is 0 Å². The molecule has 7 heteroatoms. The fraction of sp³-hybridized carbons (Fsp3) is 0.375. The highest BCUT2D eigenvalue weighted by Crippen LogP contribution is 2.30. The summed E-state index contributed by atoms with van der Waals surface area (Å²) >= 11 is 0. The van der Waals surface area contributed by atoms with Crippen LogP contribution in [0.15, 0.2) is 24.3 Å². The maximum Gasteiger partial charge on any atom is 0.271 e. The number of rotatable bonds is 7. The molecule has 0 fully saturated rings. The van der Waals surface area contributed by atoms with E-state index in [9.17, 15) is 9.18 Å². The Morgan fingerprint density at radius 1 is 1.35 bits per heavy atom. The number of aromatic nitrogens is 2. The molecule has 1 N–H and O–H groups in total. The van der Waals surface area contributed by atoms with E-state index in [-0.39, 0.29) is 17.4 Å². The predicted molar refractivity (Wildman–Crippen MR) is 84.0 cm³/mol. The van der Waals surface area contributed by atoms with Gasteiger partial charge in [0, 0.05) is 32.9 Å². The van der Waals surface area contributed by atoms with Crippen molar-refractivity contribution >= 4 is 5.91 Å². The first-order valence-electron chi connectivity index (χ1n) is 7.22. The molecule has 0 spiro atoms. The summed E-state index contributed by atoms with van der Waals surface area (Å²) in [5, 5.41) is 6.95. The van der Waals surface area contributed by atoms with Crippen molar-refractivity contribution in [2.45, 2.75) is 6.42 Å². The van der Waals surface area contributed by atoms with Crippen LogP contribution in [-0.4, -0.2) is 43.1 Å². The molecule has 1 heterocycles. The van der Waals surface area contributed by atoms with Gasteiger partial charge in [-0.25, -0.2) is 4.39 Å². The lowest BCUT2D eigenvalue weighted by Crippen LogP contribution is -2.25. The predicted octanol–water partition coefficient (Wildman–Crippen LogP) is 2.00. The van der Waals surface area contributed by atoms with Crippen LogP contribution in [0.25, 0.3) is 11.3 Å². The van der Waals surface area contributed by atoms with Gasteiger partial charge in [0.1, 0.15) is 11.6 Å². The molecule has 0 unspecified atom stereocenters. The highest BCUT2D eigenvalue weighted by Gasteiger charge is 2.16. The van der Waals surface area contributed by atoms with Crippen LogP contribution < -0.4 is 10.1 Å². The average Bonchev–Trinajstić information content (AvgIpc) is 2.93. The minimum atomic E-state index is -0.382. The number of halogens is 1. The molecule has 0 aliphatic carbocycles. The fourth-order valence-corrected chi connectivity index (χ4v) is 2.22. The number of methoxy groups -OCH3 is 2. The minimum absolute atomic E-state index is 0.270. The quantitative estimate of drug-likeness (QED) is 0.792. The fourth-order valence-electron chi connectivity index (χ4n) is 2.22. The Labute approximate surface area is 134 Å². The van der Waals surface area contributed by atoms with Crippen molar-refractivity contribution in [3.8, 4) is 17.0 Å². The van der Waals surface area contributed by atoms with Crippen molar-refractivity contribution in [3.63, 3.8) is 0 Å². The molecule has 124 valence electrons. The lowest BCUT2D eigenvalue weighted by atomic mass is 10.1. The molecule has 1 aromatic carbocycles. The van der Waals surface area contributed by atoms with Crippen LogP contribution in [0.1, 0.15) is 16.9 Å². The van der Waals surface area contributed by atoms with Gasteiger partial charge in [-0.15, -0.1) is 0 Å². The lowest BCUT2D eigenvalue weighted by molar-refractivity contribution is 0.0943. The highest BCUT2D eigenvalue weighted by atomic mass is 19.1. The van der Waals surface area contributed by atoms with Crippen LogP contribution >= 0.6 is 0 Å². The van der Waals surface area contributed by atoms with Gasteiger partial charge in [-0.05, 0) is 30.7 Å². The number of nitrogens with zero attached hydrogens (tertiary/aromatic N) is 2. The van der Waals surface area contributed by atoms with Gasteiger partial charge < -0.3 is 14.8 Å². The first-order valence-corrected chi connectivity index (χ1v) is 7.22. The first kappa shape index (κ1) is 17.0.